The minimum atomic E-state index is 0. The van der Waals surface area contributed by atoms with Gasteiger partial charge in [-0.25, -0.2) is 5.90 Å². The van der Waals surface area contributed by atoms with E-state index in [2.05, 4.69) is 21.7 Å². The average Bonchev–Trinajstić information content (AvgIpc) is 2.23. The first-order valence-corrected chi connectivity index (χ1v) is 3.61. The zero-order valence-electron chi connectivity index (χ0n) is 9.77. The lowest BCUT2D eigenvalue weighted by molar-refractivity contribution is 0.311. The van der Waals surface area contributed by atoms with Crippen LogP contribution in [0.1, 0.15) is 0 Å². The van der Waals surface area contributed by atoms with E-state index >= 15 is 0 Å². The smallest absolute Gasteiger partial charge is 0.153 e. The molecule has 0 saturated carbocycles. The Kier molecular flexibility index (Phi) is 67.6. The fourth-order valence-electron chi connectivity index (χ4n) is 0.296. The highest BCUT2D eigenvalue weighted by Gasteiger charge is 1.83. The van der Waals surface area contributed by atoms with E-state index in [1.165, 1.54) is 0 Å². The molecule has 0 aromatic rings. The van der Waals surface area contributed by atoms with Gasteiger partial charge in [0.25, 0.3) is 0 Å². The summed E-state index contributed by atoms with van der Waals surface area (Å²) in [6.45, 7) is 0.872. The lowest BCUT2D eigenvalue weighted by atomic mass is 10.6. The van der Waals surface area contributed by atoms with Gasteiger partial charge in [0.1, 0.15) is 0 Å². The molecule has 8 nitrogen and oxygen atoms in total. The van der Waals surface area contributed by atoms with Gasteiger partial charge in [-0.1, -0.05) is 5.16 Å². The van der Waals surface area contributed by atoms with Gasteiger partial charge in [-0.15, -0.1) is 0 Å². The molecule has 10 heteroatoms. The third-order valence-electron chi connectivity index (χ3n) is 0.742. The summed E-state index contributed by atoms with van der Waals surface area (Å²) in [6, 6.07) is 1.91. The molecule has 0 amide bonds. The lowest BCUT2D eigenvalue weighted by Gasteiger charge is -1.91. The van der Waals surface area contributed by atoms with Crippen molar-refractivity contribution in [2.24, 2.45) is 16.8 Å². The van der Waals surface area contributed by atoms with E-state index in [1.807, 2.05) is 6.07 Å². The number of nitrogens with zero attached hydrogens (tertiary/aromatic N) is 2. The highest BCUT2D eigenvalue weighted by Crippen LogP contribution is 1.56. The van der Waals surface area contributed by atoms with Crippen LogP contribution in [0.2, 0.25) is 0 Å². The maximum absolute atomic E-state index is 7.89. The fourth-order valence-corrected chi connectivity index (χ4v) is 0.296. The number of rotatable bonds is 3. The van der Waals surface area contributed by atoms with Crippen LogP contribution in [0, 0.1) is 11.3 Å². The van der Waals surface area contributed by atoms with E-state index in [-0.39, 0.29) is 25.6 Å². The molecule has 2 atom stereocenters. The van der Waals surface area contributed by atoms with Gasteiger partial charge < -0.3 is 26.8 Å². The van der Waals surface area contributed by atoms with E-state index in [0.29, 0.717) is 13.1 Å². The Morgan fingerprint density at radius 1 is 1.31 bits per heavy atom. The Bertz CT molecular complexity index is 164. The Labute approximate surface area is 103 Å². The second-order valence-electron chi connectivity index (χ2n) is 1.81. The van der Waals surface area contributed by atoms with Crippen molar-refractivity contribution in [2.45, 2.75) is 0 Å². The molecule has 0 saturated heterocycles. The number of nitrogens with two attached hydrogens (primary N) is 2. The first-order valence-electron chi connectivity index (χ1n) is 3.61. The largest absolute Gasteiger partial charge is 0.409 e. The van der Waals surface area contributed by atoms with E-state index < -0.39 is 0 Å². The van der Waals surface area contributed by atoms with Crippen LogP contribution in [0.3, 0.4) is 0 Å². The summed E-state index contributed by atoms with van der Waals surface area (Å²) in [7, 11) is 3.46. The third kappa shape index (κ3) is 50.1. The van der Waals surface area contributed by atoms with Crippen molar-refractivity contribution >= 4 is 25.6 Å². The highest BCUT2D eigenvalue weighted by atomic mass is 31.0. The predicted molar refractivity (Wildman–Crippen MR) is 75.1 cm³/mol. The van der Waals surface area contributed by atoms with Gasteiger partial charge in [-0.3, -0.25) is 0 Å². The molecule has 0 bridgehead atoms. The Morgan fingerprint density at radius 2 is 1.75 bits per heavy atom. The van der Waals surface area contributed by atoms with Gasteiger partial charge in [0.15, 0.2) is 5.84 Å². The van der Waals surface area contributed by atoms with E-state index in [4.69, 9.17) is 21.4 Å². The van der Waals surface area contributed by atoms with Crippen molar-refractivity contribution in [2.75, 3.05) is 27.2 Å². The lowest BCUT2D eigenvalue weighted by Crippen LogP contribution is -2.25. The minimum absolute atomic E-state index is 0. The summed E-state index contributed by atoms with van der Waals surface area (Å²) in [5.41, 5.74) is 5.02. The van der Waals surface area contributed by atoms with Gasteiger partial charge in [0, 0.05) is 0 Å². The molecular weight excluding hydrogens is 250 g/mol. The molecule has 8 N–H and O–H groups in total. The van der Waals surface area contributed by atoms with Crippen LogP contribution in [0.5, 0.6) is 0 Å². The average molecular weight is 274 g/mol. The van der Waals surface area contributed by atoms with Crippen LogP contribution >= 0.6 is 19.8 Å². The maximum atomic E-state index is 7.89. The molecule has 0 aliphatic rings. The summed E-state index contributed by atoms with van der Waals surface area (Å²) >= 11 is 0. The van der Waals surface area contributed by atoms with Gasteiger partial charge in [-0.05, 0) is 14.1 Å². The van der Waals surface area contributed by atoms with Gasteiger partial charge >= 0.3 is 0 Å². The van der Waals surface area contributed by atoms with Crippen molar-refractivity contribution in [3.8, 4) is 6.07 Å². The zero-order chi connectivity index (χ0) is 11.8. The first kappa shape index (κ1) is 29.5. The van der Waals surface area contributed by atoms with Crippen molar-refractivity contribution in [1.82, 2.24) is 10.6 Å². The maximum Gasteiger partial charge on any atom is 0.153 e. The number of likely N-dealkylation sites (N-methyl/N-ethyl adjacent to an activating group) is 1. The van der Waals surface area contributed by atoms with E-state index in [9.17, 15) is 0 Å². The summed E-state index contributed by atoms with van der Waals surface area (Å²) in [5.74, 6) is 3.70. The molecular formula is C6H24N6O2P2. The molecule has 2 unspecified atom stereocenters. The van der Waals surface area contributed by atoms with Gasteiger partial charge in [0.2, 0.25) is 0 Å². The molecule has 0 rings (SSSR count). The topological polar surface area (TPSA) is 153 Å². The van der Waals surface area contributed by atoms with Crippen molar-refractivity contribution in [1.29, 1.82) is 5.26 Å². The van der Waals surface area contributed by atoms with E-state index in [0.717, 1.165) is 0 Å². The molecule has 0 fully saturated rings. The Balaban J connectivity index is -0.0000000404. The van der Waals surface area contributed by atoms with Crippen LogP contribution in [-0.2, 0) is 0 Å². The number of nitriles is 1. The molecule has 0 aliphatic heterocycles. The van der Waals surface area contributed by atoms with Gasteiger partial charge in [0.05, 0.1) is 19.2 Å². The van der Waals surface area contributed by atoms with Crippen molar-refractivity contribution in [3.05, 3.63) is 0 Å². The molecule has 100 valence electrons. The summed E-state index contributed by atoms with van der Waals surface area (Å²) < 4.78 is 0. The number of nitrogens with one attached hydrogen (secondary N) is 2. The zero-order valence-corrected chi connectivity index (χ0v) is 12.6. The Hall–Kier alpha value is -0.540. The number of hydrogen-bond acceptors (Lipinski definition) is 7. The van der Waals surface area contributed by atoms with Crippen molar-refractivity contribution in [3.63, 3.8) is 0 Å². The quantitative estimate of drug-likeness (QED) is 0.0880. The SMILES string of the molecule is CNC/C(N)=N/O.CNCC#N.NO.P.P. The molecule has 16 heavy (non-hydrogen) atoms. The predicted octanol–water partition coefficient (Wildman–Crippen LogP) is -1.87. The van der Waals surface area contributed by atoms with Crippen LogP contribution in [0.15, 0.2) is 5.16 Å². The standard InChI is InChI=1S/C3H9N3O.C3H6N2.H3NO.2H3P/c1-5-2-3(4)6-7;1-5-3-2-4;1-2;;/h5,7H,2H2,1H3,(H2,4,6);5H,3H2,1H3;2H,1H2;2*1H3. The number of hydrogen-bond donors (Lipinski definition) is 6. The molecule has 0 radical (unpaired) electrons. The highest BCUT2D eigenvalue weighted by molar-refractivity contribution is 6.92. The van der Waals surface area contributed by atoms with Crippen LogP contribution in [-0.4, -0.2) is 43.4 Å². The number of amidine groups is 1. The van der Waals surface area contributed by atoms with Gasteiger partial charge in [-0.2, -0.15) is 25.1 Å². The molecule has 0 aliphatic carbocycles. The van der Waals surface area contributed by atoms with E-state index in [1.54, 1.807) is 14.1 Å². The summed E-state index contributed by atoms with van der Waals surface area (Å²) in [6.07, 6.45) is 0. The number of oxime groups is 1. The molecule has 0 aromatic heterocycles. The van der Waals surface area contributed by atoms with Crippen LogP contribution < -0.4 is 22.3 Å². The summed E-state index contributed by atoms with van der Waals surface area (Å²) in [5, 5.41) is 30.2. The third-order valence-corrected chi connectivity index (χ3v) is 0.742. The second-order valence-corrected chi connectivity index (χ2v) is 1.81. The minimum Gasteiger partial charge on any atom is -0.409 e. The van der Waals surface area contributed by atoms with Crippen molar-refractivity contribution < 1.29 is 10.4 Å². The van der Waals surface area contributed by atoms with Crippen LogP contribution in [0.25, 0.3) is 0 Å². The molecule has 0 heterocycles. The fraction of sp³-hybridized carbons (Fsp3) is 0.667. The monoisotopic (exact) mass is 274 g/mol. The normalized spacial score (nSPS) is 7.56. The molecule has 0 spiro atoms. The second kappa shape index (κ2) is 36.6. The Morgan fingerprint density at radius 3 is 1.81 bits per heavy atom. The molecule has 0 aromatic carbocycles. The summed E-state index contributed by atoms with van der Waals surface area (Å²) in [4.78, 5) is 0. The van der Waals surface area contributed by atoms with Crippen LogP contribution in [0.4, 0.5) is 0 Å². The first-order chi connectivity index (χ1) is 6.72.